The first-order valence-corrected chi connectivity index (χ1v) is 5.22. The van der Waals surface area contributed by atoms with E-state index < -0.39 is 0 Å². The van der Waals surface area contributed by atoms with Gasteiger partial charge in [-0.05, 0) is 12.8 Å². The fourth-order valence-corrected chi connectivity index (χ4v) is 3.31. The first-order chi connectivity index (χ1) is 7.11. The standard InChI is InChI=1S/C10H12N2O3/c1-12-5-3-2-4(10(12)15)6-7(5)9(14)11-8(6)13/h4-7H,2-3H2,1H3,(H,11,13,14)/t4-,5+,6+,7+/m0/s1. The van der Waals surface area contributed by atoms with E-state index in [1.807, 2.05) is 0 Å². The van der Waals surface area contributed by atoms with Crippen LogP contribution in [-0.2, 0) is 14.4 Å². The van der Waals surface area contributed by atoms with Gasteiger partial charge in [0.15, 0.2) is 0 Å². The third kappa shape index (κ3) is 0.905. The number of carbonyl (C=O) groups is 3. The highest BCUT2D eigenvalue weighted by molar-refractivity contribution is 6.08. The maximum Gasteiger partial charge on any atom is 0.232 e. The zero-order chi connectivity index (χ0) is 10.7. The van der Waals surface area contributed by atoms with Crippen LogP contribution in [0.5, 0.6) is 0 Å². The number of fused-ring (bicyclic) bond motifs is 2. The summed E-state index contributed by atoms with van der Waals surface area (Å²) in [5.74, 6) is -1.37. The molecule has 3 aliphatic heterocycles. The Labute approximate surface area is 86.8 Å². The van der Waals surface area contributed by atoms with Crippen LogP contribution < -0.4 is 5.32 Å². The quantitative estimate of drug-likeness (QED) is 0.526. The molecule has 4 atom stereocenters. The molecule has 2 bridgehead atoms. The molecule has 0 unspecified atom stereocenters. The zero-order valence-corrected chi connectivity index (χ0v) is 8.40. The van der Waals surface area contributed by atoms with Crippen LogP contribution in [0.25, 0.3) is 0 Å². The van der Waals surface area contributed by atoms with Crippen LogP contribution in [0.3, 0.4) is 0 Å². The van der Waals surface area contributed by atoms with Crippen LogP contribution in [0.1, 0.15) is 12.8 Å². The second kappa shape index (κ2) is 2.59. The van der Waals surface area contributed by atoms with E-state index in [9.17, 15) is 14.4 Å². The summed E-state index contributed by atoms with van der Waals surface area (Å²) in [5, 5.41) is 2.34. The van der Waals surface area contributed by atoms with Gasteiger partial charge in [0, 0.05) is 13.1 Å². The topological polar surface area (TPSA) is 66.5 Å². The molecule has 0 aromatic heterocycles. The summed E-state index contributed by atoms with van der Waals surface area (Å²) < 4.78 is 0. The van der Waals surface area contributed by atoms with Gasteiger partial charge in [-0.2, -0.15) is 0 Å². The van der Waals surface area contributed by atoms with Crippen molar-refractivity contribution in [3.63, 3.8) is 0 Å². The molecule has 4 aliphatic rings. The van der Waals surface area contributed by atoms with Crippen molar-refractivity contribution in [3.8, 4) is 0 Å². The fourth-order valence-electron chi connectivity index (χ4n) is 3.31. The molecular formula is C10H12N2O3. The van der Waals surface area contributed by atoms with E-state index >= 15 is 0 Å². The van der Waals surface area contributed by atoms with Crippen LogP contribution >= 0.6 is 0 Å². The molecule has 0 aromatic rings. The lowest BCUT2D eigenvalue weighted by molar-refractivity contribution is -0.158. The minimum absolute atomic E-state index is 0.0253. The summed E-state index contributed by atoms with van der Waals surface area (Å²) in [6, 6.07) is -0.0704. The lowest BCUT2D eigenvalue weighted by atomic mass is 9.66. The molecular weight excluding hydrogens is 196 g/mol. The van der Waals surface area contributed by atoms with E-state index in [2.05, 4.69) is 5.32 Å². The number of carbonyl (C=O) groups excluding carboxylic acids is 3. The molecule has 3 amide bonds. The number of imide groups is 1. The smallest absolute Gasteiger partial charge is 0.232 e. The number of nitrogens with zero attached hydrogens (tertiary/aromatic N) is 1. The first-order valence-electron chi connectivity index (χ1n) is 5.22. The molecule has 1 N–H and O–H groups in total. The molecule has 0 aromatic carbocycles. The number of amides is 3. The summed E-state index contributed by atoms with van der Waals surface area (Å²) in [7, 11) is 1.73. The Bertz CT molecular complexity index is 379. The van der Waals surface area contributed by atoms with Crippen molar-refractivity contribution in [2.75, 3.05) is 7.05 Å². The second-order valence-electron chi connectivity index (χ2n) is 4.61. The van der Waals surface area contributed by atoms with Crippen molar-refractivity contribution < 1.29 is 14.4 Å². The highest BCUT2D eigenvalue weighted by Gasteiger charge is 2.59. The zero-order valence-electron chi connectivity index (χ0n) is 8.40. The third-order valence-corrected chi connectivity index (χ3v) is 4.02. The molecule has 0 radical (unpaired) electrons. The first kappa shape index (κ1) is 8.88. The molecule has 3 saturated heterocycles. The number of hydrogen-bond acceptors (Lipinski definition) is 3. The molecule has 5 nitrogen and oxygen atoms in total. The number of hydrogen-bond donors (Lipinski definition) is 1. The summed E-state index contributed by atoms with van der Waals surface area (Å²) in [6.45, 7) is 0. The summed E-state index contributed by atoms with van der Waals surface area (Å²) in [5.41, 5.74) is 0. The van der Waals surface area contributed by atoms with E-state index in [4.69, 9.17) is 0 Å². The average Bonchev–Trinajstić information content (AvgIpc) is 2.51. The monoisotopic (exact) mass is 208 g/mol. The second-order valence-corrected chi connectivity index (χ2v) is 4.61. The van der Waals surface area contributed by atoms with E-state index in [1.165, 1.54) is 0 Å². The largest absolute Gasteiger partial charge is 0.342 e. The average molecular weight is 208 g/mol. The SMILES string of the molecule is CN1C(=O)[C@H]2CC[C@@H]1[C@H]1C(=O)NC(=O)[C@@H]12. The van der Waals surface area contributed by atoms with Gasteiger partial charge >= 0.3 is 0 Å². The normalized spacial score (nSPS) is 43.3. The van der Waals surface area contributed by atoms with Crippen molar-refractivity contribution in [1.29, 1.82) is 0 Å². The van der Waals surface area contributed by atoms with Gasteiger partial charge < -0.3 is 4.90 Å². The Kier molecular flexibility index (Phi) is 1.53. The van der Waals surface area contributed by atoms with E-state index in [-0.39, 0.29) is 41.5 Å². The van der Waals surface area contributed by atoms with Gasteiger partial charge in [-0.3, -0.25) is 19.7 Å². The molecule has 80 valence electrons. The number of rotatable bonds is 0. The summed E-state index contributed by atoms with van der Waals surface area (Å²) in [6.07, 6.45) is 1.59. The molecule has 5 heteroatoms. The van der Waals surface area contributed by atoms with E-state index in [1.54, 1.807) is 11.9 Å². The van der Waals surface area contributed by atoms with Gasteiger partial charge in [0.05, 0.1) is 17.8 Å². The van der Waals surface area contributed by atoms with Crippen molar-refractivity contribution in [3.05, 3.63) is 0 Å². The molecule has 3 heterocycles. The molecule has 1 saturated carbocycles. The molecule has 0 spiro atoms. The van der Waals surface area contributed by atoms with Crippen molar-refractivity contribution in [2.45, 2.75) is 18.9 Å². The Morgan fingerprint density at radius 2 is 1.80 bits per heavy atom. The molecule has 4 fully saturated rings. The number of nitrogens with one attached hydrogen (secondary N) is 1. The molecule has 15 heavy (non-hydrogen) atoms. The van der Waals surface area contributed by atoms with Crippen LogP contribution in [0.4, 0.5) is 0 Å². The highest BCUT2D eigenvalue weighted by atomic mass is 16.2. The van der Waals surface area contributed by atoms with Crippen molar-refractivity contribution in [2.24, 2.45) is 17.8 Å². The minimum Gasteiger partial charge on any atom is -0.342 e. The maximum atomic E-state index is 11.8. The Morgan fingerprint density at radius 1 is 1.13 bits per heavy atom. The number of piperidine rings is 2. The van der Waals surface area contributed by atoms with Gasteiger partial charge in [-0.1, -0.05) is 0 Å². The summed E-state index contributed by atoms with van der Waals surface area (Å²) >= 11 is 0. The van der Waals surface area contributed by atoms with Crippen LogP contribution in [0.2, 0.25) is 0 Å². The highest BCUT2D eigenvalue weighted by Crippen LogP contribution is 2.45. The lowest BCUT2D eigenvalue weighted by Gasteiger charge is -2.47. The fraction of sp³-hybridized carbons (Fsp3) is 0.700. The molecule has 4 rings (SSSR count). The van der Waals surface area contributed by atoms with Crippen molar-refractivity contribution in [1.82, 2.24) is 10.2 Å². The van der Waals surface area contributed by atoms with Gasteiger partial charge in [-0.25, -0.2) is 0 Å². The van der Waals surface area contributed by atoms with Crippen molar-refractivity contribution >= 4 is 17.7 Å². The predicted molar refractivity (Wildman–Crippen MR) is 49.4 cm³/mol. The van der Waals surface area contributed by atoms with Gasteiger partial charge in [0.2, 0.25) is 17.7 Å². The van der Waals surface area contributed by atoms with Gasteiger partial charge in [0.25, 0.3) is 0 Å². The predicted octanol–water partition coefficient (Wildman–Crippen LogP) is -0.874. The molecule has 1 aliphatic carbocycles. The third-order valence-electron chi connectivity index (χ3n) is 4.02. The van der Waals surface area contributed by atoms with E-state index in [0.29, 0.717) is 0 Å². The van der Waals surface area contributed by atoms with Crippen LogP contribution in [0, 0.1) is 17.8 Å². The van der Waals surface area contributed by atoms with Crippen LogP contribution in [-0.4, -0.2) is 35.7 Å². The minimum atomic E-state index is -0.389. The van der Waals surface area contributed by atoms with Gasteiger partial charge in [-0.15, -0.1) is 0 Å². The van der Waals surface area contributed by atoms with Gasteiger partial charge in [0.1, 0.15) is 0 Å². The summed E-state index contributed by atoms with van der Waals surface area (Å²) in [4.78, 5) is 36.6. The lowest BCUT2D eigenvalue weighted by Crippen LogP contribution is -2.60. The Balaban J connectivity index is 2.07. The maximum absolute atomic E-state index is 11.8. The Morgan fingerprint density at radius 3 is 2.53 bits per heavy atom. The van der Waals surface area contributed by atoms with E-state index in [0.717, 1.165) is 12.8 Å². The van der Waals surface area contributed by atoms with Crippen LogP contribution in [0.15, 0.2) is 0 Å². The Hall–Kier alpha value is -1.39.